The third kappa shape index (κ3) is 2.17. The van der Waals surface area contributed by atoms with Gasteiger partial charge in [0.05, 0.1) is 0 Å². The molecule has 0 amide bonds. The predicted octanol–water partition coefficient (Wildman–Crippen LogP) is 1.21. The Labute approximate surface area is 69.8 Å². The predicted molar refractivity (Wildman–Crippen MR) is 48.5 cm³/mol. The molecule has 1 aliphatic rings. The van der Waals surface area contributed by atoms with Gasteiger partial charge in [-0.2, -0.15) is 0 Å². The van der Waals surface area contributed by atoms with Crippen LogP contribution in [0.5, 0.6) is 0 Å². The van der Waals surface area contributed by atoms with Crippen molar-refractivity contribution in [1.29, 1.82) is 0 Å². The van der Waals surface area contributed by atoms with Crippen LogP contribution in [0, 0.1) is 0 Å². The Morgan fingerprint density at radius 2 is 2.00 bits per heavy atom. The Bertz CT molecular complexity index is 126. The molecule has 0 aromatic carbocycles. The summed E-state index contributed by atoms with van der Waals surface area (Å²) in [5.74, 6) is 0. The zero-order valence-corrected chi connectivity index (χ0v) is 7.93. The minimum atomic E-state index is 0.368. The first-order chi connectivity index (χ1) is 5.07. The summed E-state index contributed by atoms with van der Waals surface area (Å²) in [4.78, 5) is 2.36. The van der Waals surface area contributed by atoms with E-state index in [4.69, 9.17) is 5.73 Å². The van der Waals surface area contributed by atoms with Gasteiger partial charge in [0, 0.05) is 11.6 Å². The maximum Gasteiger partial charge on any atom is 0.0205 e. The Morgan fingerprint density at radius 1 is 1.45 bits per heavy atom. The van der Waals surface area contributed by atoms with Crippen molar-refractivity contribution < 1.29 is 0 Å². The average Bonchev–Trinajstić information content (AvgIpc) is 2.63. The molecule has 0 aromatic heterocycles. The van der Waals surface area contributed by atoms with Crippen LogP contribution in [0.3, 0.4) is 0 Å². The summed E-state index contributed by atoms with van der Waals surface area (Å²) in [5, 5.41) is 0. The van der Waals surface area contributed by atoms with Crippen LogP contribution in [0.2, 0.25) is 0 Å². The molecule has 2 N–H and O–H groups in total. The lowest BCUT2D eigenvalue weighted by Crippen LogP contribution is -2.31. The van der Waals surface area contributed by atoms with Crippen LogP contribution in [0.4, 0.5) is 0 Å². The highest BCUT2D eigenvalue weighted by molar-refractivity contribution is 5.01. The maximum atomic E-state index is 5.71. The molecule has 0 radical (unpaired) electrons. The first-order valence-electron chi connectivity index (χ1n) is 4.50. The van der Waals surface area contributed by atoms with E-state index >= 15 is 0 Å². The van der Waals surface area contributed by atoms with Crippen molar-refractivity contribution in [2.45, 2.75) is 44.2 Å². The van der Waals surface area contributed by atoms with Crippen LogP contribution in [0.15, 0.2) is 0 Å². The molecule has 0 aromatic rings. The third-order valence-electron chi connectivity index (χ3n) is 2.84. The van der Waals surface area contributed by atoms with Gasteiger partial charge in [-0.3, -0.25) is 0 Å². The van der Waals surface area contributed by atoms with Crippen LogP contribution in [-0.4, -0.2) is 30.6 Å². The molecule has 11 heavy (non-hydrogen) atoms. The van der Waals surface area contributed by atoms with Gasteiger partial charge in [0.1, 0.15) is 0 Å². The molecule has 0 aliphatic heterocycles. The molecule has 1 aliphatic carbocycles. The molecule has 1 saturated carbocycles. The summed E-state index contributed by atoms with van der Waals surface area (Å²) >= 11 is 0. The Kier molecular flexibility index (Phi) is 2.55. The molecule has 2 nitrogen and oxygen atoms in total. The Balaban J connectivity index is 2.25. The summed E-state index contributed by atoms with van der Waals surface area (Å²) in [6.07, 6.45) is 5.18. The monoisotopic (exact) mass is 156 g/mol. The second-order valence-corrected chi connectivity index (χ2v) is 4.13. The second kappa shape index (κ2) is 3.11. The van der Waals surface area contributed by atoms with Crippen LogP contribution in [0.1, 0.15) is 32.6 Å². The molecular formula is C9H20N2. The van der Waals surface area contributed by atoms with Crippen molar-refractivity contribution in [3.05, 3.63) is 0 Å². The SMILES string of the molecule is CC(N)CCC1(N(C)C)CC1. The fraction of sp³-hybridized carbons (Fsp3) is 1.00. The van der Waals surface area contributed by atoms with Gasteiger partial charge in [0.25, 0.3) is 0 Å². The lowest BCUT2D eigenvalue weighted by atomic mass is 10.1. The summed E-state index contributed by atoms with van der Waals surface area (Å²) in [6, 6.07) is 0.368. The molecule has 1 atom stereocenters. The van der Waals surface area contributed by atoms with E-state index in [1.54, 1.807) is 0 Å². The van der Waals surface area contributed by atoms with Gasteiger partial charge >= 0.3 is 0 Å². The van der Waals surface area contributed by atoms with Gasteiger partial charge in [0.15, 0.2) is 0 Å². The summed E-state index contributed by atoms with van der Waals surface area (Å²) in [7, 11) is 4.35. The van der Waals surface area contributed by atoms with E-state index in [0.717, 1.165) is 6.42 Å². The van der Waals surface area contributed by atoms with E-state index in [1.807, 2.05) is 0 Å². The van der Waals surface area contributed by atoms with E-state index in [0.29, 0.717) is 11.6 Å². The van der Waals surface area contributed by atoms with Gasteiger partial charge in [-0.15, -0.1) is 0 Å². The first-order valence-corrected chi connectivity index (χ1v) is 4.50. The van der Waals surface area contributed by atoms with Gasteiger partial charge in [-0.1, -0.05) is 0 Å². The number of rotatable bonds is 4. The molecule has 0 spiro atoms. The first kappa shape index (κ1) is 9.01. The number of hydrogen-bond acceptors (Lipinski definition) is 2. The minimum Gasteiger partial charge on any atom is -0.328 e. The molecular weight excluding hydrogens is 136 g/mol. The largest absolute Gasteiger partial charge is 0.328 e. The van der Waals surface area contributed by atoms with Crippen LogP contribution >= 0.6 is 0 Å². The highest BCUT2D eigenvalue weighted by Crippen LogP contribution is 2.44. The molecule has 0 heterocycles. The van der Waals surface area contributed by atoms with Crippen molar-refractivity contribution in [3.63, 3.8) is 0 Å². The van der Waals surface area contributed by atoms with Gasteiger partial charge < -0.3 is 10.6 Å². The molecule has 2 heteroatoms. The minimum absolute atomic E-state index is 0.368. The Morgan fingerprint density at radius 3 is 2.27 bits per heavy atom. The topological polar surface area (TPSA) is 29.3 Å². The average molecular weight is 156 g/mol. The smallest absolute Gasteiger partial charge is 0.0205 e. The van der Waals surface area contributed by atoms with E-state index in [1.165, 1.54) is 19.3 Å². The van der Waals surface area contributed by atoms with Crippen molar-refractivity contribution in [3.8, 4) is 0 Å². The molecule has 0 bridgehead atoms. The maximum absolute atomic E-state index is 5.71. The number of nitrogens with two attached hydrogens (primary N) is 1. The van der Waals surface area contributed by atoms with Crippen LogP contribution in [-0.2, 0) is 0 Å². The summed E-state index contributed by atoms with van der Waals surface area (Å²) in [5.41, 5.74) is 6.24. The zero-order chi connectivity index (χ0) is 8.48. The van der Waals surface area contributed by atoms with Crippen LogP contribution in [0.25, 0.3) is 0 Å². The van der Waals surface area contributed by atoms with Crippen molar-refractivity contribution >= 4 is 0 Å². The lowest BCUT2D eigenvalue weighted by Gasteiger charge is -2.24. The van der Waals surface area contributed by atoms with E-state index in [-0.39, 0.29) is 0 Å². The van der Waals surface area contributed by atoms with Gasteiger partial charge in [0.2, 0.25) is 0 Å². The summed E-state index contributed by atoms with van der Waals surface area (Å²) in [6.45, 7) is 2.09. The molecule has 1 rings (SSSR count). The lowest BCUT2D eigenvalue weighted by molar-refractivity contribution is 0.248. The fourth-order valence-electron chi connectivity index (χ4n) is 1.56. The highest BCUT2D eigenvalue weighted by atomic mass is 15.2. The number of hydrogen-bond donors (Lipinski definition) is 1. The standard InChI is InChI=1S/C9H20N2/c1-8(10)4-5-9(6-7-9)11(2)3/h8H,4-7,10H2,1-3H3. The Hall–Kier alpha value is -0.0800. The molecule has 0 saturated heterocycles. The quantitative estimate of drug-likeness (QED) is 0.663. The normalized spacial score (nSPS) is 23.7. The van der Waals surface area contributed by atoms with Crippen molar-refractivity contribution in [2.24, 2.45) is 5.73 Å². The fourth-order valence-corrected chi connectivity index (χ4v) is 1.56. The second-order valence-electron chi connectivity index (χ2n) is 4.13. The van der Waals surface area contributed by atoms with E-state index in [2.05, 4.69) is 25.9 Å². The van der Waals surface area contributed by atoms with E-state index in [9.17, 15) is 0 Å². The molecule has 66 valence electrons. The third-order valence-corrected chi connectivity index (χ3v) is 2.84. The van der Waals surface area contributed by atoms with Gasteiger partial charge in [-0.25, -0.2) is 0 Å². The summed E-state index contributed by atoms with van der Waals surface area (Å²) < 4.78 is 0. The molecule has 1 unspecified atom stereocenters. The van der Waals surface area contributed by atoms with Gasteiger partial charge in [-0.05, 0) is 46.7 Å². The van der Waals surface area contributed by atoms with Crippen molar-refractivity contribution in [1.82, 2.24) is 4.90 Å². The molecule has 1 fully saturated rings. The van der Waals surface area contributed by atoms with E-state index < -0.39 is 0 Å². The van der Waals surface area contributed by atoms with Crippen molar-refractivity contribution in [2.75, 3.05) is 14.1 Å². The number of nitrogens with zero attached hydrogens (tertiary/aromatic N) is 1. The van der Waals surface area contributed by atoms with Crippen LogP contribution < -0.4 is 5.73 Å². The highest BCUT2D eigenvalue weighted by Gasteiger charge is 2.43. The zero-order valence-electron chi connectivity index (χ0n) is 7.93.